The fourth-order valence-electron chi connectivity index (χ4n) is 2.74. The number of fused-ring (bicyclic) bond motifs is 1. The number of aromatic nitrogens is 4. The van der Waals surface area contributed by atoms with E-state index in [2.05, 4.69) is 25.1 Å². The highest BCUT2D eigenvalue weighted by molar-refractivity contribution is 5.54. The van der Waals surface area contributed by atoms with Gasteiger partial charge in [0.05, 0.1) is 12.2 Å². The monoisotopic (exact) mass is 259 g/mol. The number of nitrogens with zero attached hydrogens (tertiary/aromatic N) is 4. The summed E-state index contributed by atoms with van der Waals surface area (Å²) in [7, 11) is 0. The summed E-state index contributed by atoms with van der Waals surface area (Å²) in [6, 6.07) is 1.76. The van der Waals surface area contributed by atoms with Gasteiger partial charge in [0, 0.05) is 24.8 Å². The van der Waals surface area contributed by atoms with Crippen molar-refractivity contribution in [3.63, 3.8) is 0 Å². The molecule has 1 saturated carbocycles. The molecule has 1 N–H and O–H groups in total. The molecule has 2 aromatic heterocycles. The predicted octanol–water partition coefficient (Wildman–Crippen LogP) is 1.53. The quantitative estimate of drug-likeness (QED) is 0.888. The summed E-state index contributed by atoms with van der Waals surface area (Å²) in [5, 5.41) is 12.0. The maximum atomic E-state index is 13.3. The van der Waals surface area contributed by atoms with Gasteiger partial charge < -0.3 is 9.88 Å². The highest BCUT2D eigenvalue weighted by Crippen LogP contribution is 2.41. The summed E-state index contributed by atoms with van der Waals surface area (Å²) < 4.78 is 15.4. The second-order valence-electron chi connectivity index (χ2n) is 5.19. The van der Waals surface area contributed by atoms with E-state index in [0.717, 1.165) is 18.9 Å². The average Bonchev–Trinajstić information content (AvgIpc) is 3.17. The molecule has 4 rings (SSSR count). The summed E-state index contributed by atoms with van der Waals surface area (Å²) in [4.78, 5) is 3.88. The van der Waals surface area contributed by atoms with Gasteiger partial charge in [0.2, 0.25) is 0 Å². The Hall–Kier alpha value is -1.82. The normalized spacial score (nSPS) is 22.3. The van der Waals surface area contributed by atoms with E-state index in [4.69, 9.17) is 0 Å². The first-order valence-corrected chi connectivity index (χ1v) is 6.60. The second kappa shape index (κ2) is 4.09. The molecular weight excluding hydrogens is 245 g/mol. The largest absolute Gasteiger partial charge is 0.308 e. The third-order valence-corrected chi connectivity index (χ3v) is 3.81. The molecule has 19 heavy (non-hydrogen) atoms. The van der Waals surface area contributed by atoms with Crippen molar-refractivity contribution in [2.45, 2.75) is 25.4 Å². The number of hydrogen-bond donors (Lipinski definition) is 1. The van der Waals surface area contributed by atoms with E-state index in [9.17, 15) is 4.39 Å². The number of nitrogens with one attached hydrogen (secondary N) is 1. The lowest BCUT2D eigenvalue weighted by atomic mass is 10.1. The van der Waals surface area contributed by atoms with Gasteiger partial charge in [-0.15, -0.1) is 10.2 Å². The Kier molecular flexibility index (Phi) is 2.38. The van der Waals surface area contributed by atoms with E-state index < -0.39 is 0 Å². The topological polar surface area (TPSA) is 55.6 Å². The number of halogens is 1. The number of pyridine rings is 1. The van der Waals surface area contributed by atoms with Crippen LogP contribution in [0.5, 0.6) is 0 Å². The van der Waals surface area contributed by atoms with Gasteiger partial charge in [-0.2, -0.15) is 0 Å². The first-order valence-electron chi connectivity index (χ1n) is 6.60. The standard InChI is InChI=1S/C13H14FN5/c14-10-5-9(6-15-7-10)12-17-18-13-11(8-1-2-8)16-3-4-19(12)13/h5-8,11,16H,1-4H2. The number of hydrogen-bond acceptors (Lipinski definition) is 4. The number of rotatable bonds is 2. The molecule has 0 spiro atoms. The van der Waals surface area contributed by atoms with Crippen LogP contribution in [0.3, 0.4) is 0 Å². The van der Waals surface area contributed by atoms with Crippen LogP contribution in [-0.4, -0.2) is 26.3 Å². The molecule has 3 heterocycles. The summed E-state index contributed by atoms with van der Waals surface area (Å²) in [6.07, 6.45) is 5.34. The van der Waals surface area contributed by atoms with Gasteiger partial charge in [-0.25, -0.2) is 4.39 Å². The molecule has 2 aromatic rings. The molecule has 0 amide bonds. The molecule has 2 aliphatic rings. The Labute approximate surface area is 109 Å². The molecule has 0 bridgehead atoms. The predicted molar refractivity (Wildman–Crippen MR) is 66.7 cm³/mol. The van der Waals surface area contributed by atoms with Crippen molar-refractivity contribution in [1.29, 1.82) is 0 Å². The summed E-state index contributed by atoms with van der Waals surface area (Å²) in [5.74, 6) is 2.03. The van der Waals surface area contributed by atoms with Crippen molar-refractivity contribution in [1.82, 2.24) is 25.1 Å². The lowest BCUT2D eigenvalue weighted by Crippen LogP contribution is -2.35. The minimum Gasteiger partial charge on any atom is -0.308 e. The lowest BCUT2D eigenvalue weighted by molar-refractivity contribution is 0.383. The SMILES string of the molecule is Fc1cncc(-c2nnc3n2CCNC3C2CC2)c1. The summed E-state index contributed by atoms with van der Waals surface area (Å²) in [5.41, 5.74) is 0.690. The van der Waals surface area contributed by atoms with Crippen LogP contribution in [0, 0.1) is 11.7 Å². The molecule has 1 fully saturated rings. The van der Waals surface area contributed by atoms with E-state index in [-0.39, 0.29) is 5.82 Å². The van der Waals surface area contributed by atoms with Gasteiger partial charge in [0.15, 0.2) is 11.6 Å². The van der Waals surface area contributed by atoms with Crippen molar-refractivity contribution in [2.75, 3.05) is 6.54 Å². The molecule has 1 aliphatic heterocycles. The Balaban J connectivity index is 1.78. The highest BCUT2D eigenvalue weighted by Gasteiger charge is 2.37. The zero-order valence-electron chi connectivity index (χ0n) is 10.4. The molecular formula is C13H14FN5. The molecule has 6 heteroatoms. The summed E-state index contributed by atoms with van der Waals surface area (Å²) in [6.45, 7) is 1.72. The minimum atomic E-state index is -0.345. The molecule has 0 saturated heterocycles. The van der Waals surface area contributed by atoms with E-state index in [1.165, 1.54) is 25.1 Å². The van der Waals surface area contributed by atoms with Crippen LogP contribution in [0.1, 0.15) is 24.7 Å². The summed E-state index contributed by atoms with van der Waals surface area (Å²) >= 11 is 0. The third kappa shape index (κ3) is 1.83. The van der Waals surface area contributed by atoms with E-state index in [0.29, 0.717) is 23.3 Å². The van der Waals surface area contributed by atoms with Gasteiger partial charge in [0.25, 0.3) is 0 Å². The van der Waals surface area contributed by atoms with Gasteiger partial charge >= 0.3 is 0 Å². The molecule has 0 radical (unpaired) electrons. The molecule has 0 aromatic carbocycles. The molecule has 98 valence electrons. The van der Waals surface area contributed by atoms with Crippen LogP contribution >= 0.6 is 0 Å². The maximum absolute atomic E-state index is 13.3. The van der Waals surface area contributed by atoms with Crippen molar-refractivity contribution < 1.29 is 4.39 Å². The zero-order chi connectivity index (χ0) is 12.8. The van der Waals surface area contributed by atoms with Crippen LogP contribution < -0.4 is 5.32 Å². The van der Waals surface area contributed by atoms with Crippen LogP contribution in [-0.2, 0) is 6.54 Å². The van der Waals surface area contributed by atoms with Gasteiger partial charge in [-0.05, 0) is 24.8 Å². The van der Waals surface area contributed by atoms with Crippen LogP contribution in [0.2, 0.25) is 0 Å². The fourth-order valence-corrected chi connectivity index (χ4v) is 2.74. The van der Waals surface area contributed by atoms with Crippen molar-refractivity contribution in [3.8, 4) is 11.4 Å². The smallest absolute Gasteiger partial charge is 0.165 e. The Morgan fingerprint density at radius 3 is 2.95 bits per heavy atom. The van der Waals surface area contributed by atoms with Crippen molar-refractivity contribution >= 4 is 0 Å². The van der Waals surface area contributed by atoms with E-state index >= 15 is 0 Å². The lowest BCUT2D eigenvalue weighted by Gasteiger charge is -2.24. The molecule has 1 atom stereocenters. The van der Waals surface area contributed by atoms with Crippen LogP contribution in [0.25, 0.3) is 11.4 Å². The molecule has 5 nitrogen and oxygen atoms in total. The third-order valence-electron chi connectivity index (χ3n) is 3.81. The van der Waals surface area contributed by atoms with Crippen molar-refractivity contribution in [3.05, 3.63) is 30.1 Å². The second-order valence-corrected chi connectivity index (χ2v) is 5.19. The fraction of sp³-hybridized carbons (Fsp3) is 0.462. The minimum absolute atomic E-state index is 0.302. The maximum Gasteiger partial charge on any atom is 0.165 e. The first-order chi connectivity index (χ1) is 9.33. The van der Waals surface area contributed by atoms with Gasteiger partial charge in [0.1, 0.15) is 5.82 Å². The van der Waals surface area contributed by atoms with E-state index in [1.807, 2.05) is 0 Å². The van der Waals surface area contributed by atoms with Crippen LogP contribution in [0.15, 0.2) is 18.5 Å². The average molecular weight is 259 g/mol. The molecule has 1 unspecified atom stereocenters. The van der Waals surface area contributed by atoms with Crippen molar-refractivity contribution in [2.24, 2.45) is 5.92 Å². The zero-order valence-corrected chi connectivity index (χ0v) is 10.4. The Morgan fingerprint density at radius 2 is 2.16 bits per heavy atom. The van der Waals surface area contributed by atoms with E-state index in [1.54, 1.807) is 6.20 Å². The Bertz CT molecular complexity index is 619. The Morgan fingerprint density at radius 1 is 1.26 bits per heavy atom. The van der Waals surface area contributed by atoms with Gasteiger partial charge in [-0.3, -0.25) is 4.98 Å². The van der Waals surface area contributed by atoms with Gasteiger partial charge in [-0.1, -0.05) is 0 Å². The molecule has 1 aliphatic carbocycles. The first kappa shape index (κ1) is 11.0. The van der Waals surface area contributed by atoms with Crippen LogP contribution in [0.4, 0.5) is 4.39 Å². The highest BCUT2D eigenvalue weighted by atomic mass is 19.1.